The number of hydrogen-bond donors (Lipinski definition) is 1. The van der Waals surface area contributed by atoms with Crippen molar-refractivity contribution in [3.63, 3.8) is 0 Å². The van der Waals surface area contributed by atoms with Crippen molar-refractivity contribution < 1.29 is 13.9 Å². The minimum Gasteiger partial charge on any atom is -0.467 e. The van der Waals surface area contributed by atoms with E-state index in [1.807, 2.05) is 31.2 Å². The van der Waals surface area contributed by atoms with Crippen molar-refractivity contribution in [2.45, 2.75) is 13.8 Å². The van der Waals surface area contributed by atoms with E-state index < -0.39 is 0 Å². The standard InChI is InChI=1S/C20H18FN3O2/c1-13-5-3-4-6-17(13)23-18(25)12-26-19-11-14(2)22-20(24-19)15-7-9-16(21)10-8-15/h3-11H,12H2,1-2H3,(H,23,25). The Bertz CT molecular complexity index is 927. The van der Waals surface area contributed by atoms with Crippen molar-refractivity contribution in [2.75, 3.05) is 11.9 Å². The van der Waals surface area contributed by atoms with E-state index in [0.29, 0.717) is 17.1 Å². The van der Waals surface area contributed by atoms with Crippen LogP contribution >= 0.6 is 0 Å². The van der Waals surface area contributed by atoms with Crippen molar-refractivity contribution in [1.29, 1.82) is 0 Å². The summed E-state index contributed by atoms with van der Waals surface area (Å²) in [6.45, 7) is 3.54. The Labute approximate surface area is 150 Å². The number of para-hydroxylation sites is 1. The van der Waals surface area contributed by atoms with E-state index in [0.717, 1.165) is 11.3 Å². The Balaban J connectivity index is 1.69. The quantitative estimate of drug-likeness (QED) is 0.757. The molecule has 1 amide bonds. The van der Waals surface area contributed by atoms with Crippen LogP contribution < -0.4 is 10.1 Å². The predicted octanol–water partition coefficient (Wildman–Crippen LogP) is 3.92. The molecule has 0 aliphatic carbocycles. The van der Waals surface area contributed by atoms with E-state index in [9.17, 15) is 9.18 Å². The average molecular weight is 351 g/mol. The third-order valence-corrected chi connectivity index (χ3v) is 3.70. The van der Waals surface area contributed by atoms with Crippen LogP contribution in [0.3, 0.4) is 0 Å². The van der Waals surface area contributed by atoms with Gasteiger partial charge in [0, 0.05) is 23.0 Å². The SMILES string of the molecule is Cc1cc(OCC(=O)Nc2ccccc2C)nc(-c2ccc(F)cc2)n1. The van der Waals surface area contributed by atoms with Gasteiger partial charge in [-0.15, -0.1) is 0 Å². The molecular weight excluding hydrogens is 333 g/mol. The van der Waals surface area contributed by atoms with Crippen LogP contribution in [0.4, 0.5) is 10.1 Å². The van der Waals surface area contributed by atoms with Gasteiger partial charge >= 0.3 is 0 Å². The summed E-state index contributed by atoms with van der Waals surface area (Å²) < 4.78 is 18.6. The summed E-state index contributed by atoms with van der Waals surface area (Å²) in [6.07, 6.45) is 0. The van der Waals surface area contributed by atoms with E-state index in [1.165, 1.54) is 12.1 Å². The molecule has 0 bridgehead atoms. The summed E-state index contributed by atoms with van der Waals surface area (Å²) in [7, 11) is 0. The van der Waals surface area contributed by atoms with E-state index in [2.05, 4.69) is 15.3 Å². The van der Waals surface area contributed by atoms with Crippen molar-refractivity contribution >= 4 is 11.6 Å². The molecule has 0 saturated heterocycles. The molecule has 5 nitrogen and oxygen atoms in total. The van der Waals surface area contributed by atoms with Gasteiger partial charge < -0.3 is 10.1 Å². The van der Waals surface area contributed by atoms with Gasteiger partial charge in [-0.25, -0.2) is 9.37 Å². The Hall–Kier alpha value is -3.28. The lowest BCUT2D eigenvalue weighted by Crippen LogP contribution is -2.21. The average Bonchev–Trinajstić information content (AvgIpc) is 2.62. The van der Waals surface area contributed by atoms with Crippen LogP contribution in [0.15, 0.2) is 54.6 Å². The molecule has 0 unspecified atom stereocenters. The van der Waals surface area contributed by atoms with E-state index in [4.69, 9.17) is 4.74 Å². The number of rotatable bonds is 5. The molecule has 26 heavy (non-hydrogen) atoms. The topological polar surface area (TPSA) is 64.1 Å². The monoisotopic (exact) mass is 351 g/mol. The smallest absolute Gasteiger partial charge is 0.262 e. The summed E-state index contributed by atoms with van der Waals surface area (Å²) in [4.78, 5) is 20.7. The number of nitrogens with one attached hydrogen (secondary N) is 1. The van der Waals surface area contributed by atoms with E-state index in [-0.39, 0.29) is 24.2 Å². The highest BCUT2D eigenvalue weighted by Gasteiger charge is 2.09. The number of aryl methyl sites for hydroxylation is 2. The van der Waals surface area contributed by atoms with Crippen LogP contribution in [0.25, 0.3) is 11.4 Å². The minimum absolute atomic E-state index is 0.173. The lowest BCUT2D eigenvalue weighted by Gasteiger charge is -2.10. The fourth-order valence-electron chi connectivity index (χ4n) is 2.38. The van der Waals surface area contributed by atoms with Gasteiger partial charge in [-0.2, -0.15) is 4.98 Å². The third-order valence-electron chi connectivity index (χ3n) is 3.70. The van der Waals surface area contributed by atoms with Crippen molar-refractivity contribution in [3.8, 4) is 17.3 Å². The number of aromatic nitrogens is 2. The molecule has 2 aromatic carbocycles. The first kappa shape index (κ1) is 17.5. The van der Waals surface area contributed by atoms with Gasteiger partial charge in [0.1, 0.15) is 5.82 Å². The number of amides is 1. The lowest BCUT2D eigenvalue weighted by atomic mass is 10.2. The maximum absolute atomic E-state index is 13.1. The molecule has 3 aromatic rings. The van der Waals surface area contributed by atoms with Crippen LogP contribution in [0, 0.1) is 19.7 Å². The Morgan fingerprint density at radius 3 is 2.54 bits per heavy atom. The van der Waals surface area contributed by atoms with Gasteiger partial charge in [-0.3, -0.25) is 4.79 Å². The zero-order valence-corrected chi connectivity index (χ0v) is 14.5. The maximum Gasteiger partial charge on any atom is 0.262 e. The first-order valence-electron chi connectivity index (χ1n) is 8.11. The summed E-state index contributed by atoms with van der Waals surface area (Å²) in [5.41, 5.74) is 3.07. The highest BCUT2D eigenvalue weighted by atomic mass is 19.1. The number of carbonyl (C=O) groups excluding carboxylic acids is 1. The highest BCUT2D eigenvalue weighted by Crippen LogP contribution is 2.19. The highest BCUT2D eigenvalue weighted by molar-refractivity contribution is 5.92. The molecule has 0 fully saturated rings. The number of anilines is 1. The molecule has 6 heteroatoms. The molecule has 0 spiro atoms. The third kappa shape index (κ3) is 4.42. The number of hydrogen-bond acceptors (Lipinski definition) is 4. The normalized spacial score (nSPS) is 10.4. The molecule has 1 N–H and O–H groups in total. The van der Waals surface area contributed by atoms with Crippen LogP contribution in [0.2, 0.25) is 0 Å². The summed E-state index contributed by atoms with van der Waals surface area (Å²) in [5, 5.41) is 2.80. The summed E-state index contributed by atoms with van der Waals surface area (Å²) >= 11 is 0. The second-order valence-electron chi connectivity index (χ2n) is 5.83. The van der Waals surface area contributed by atoms with Gasteiger partial charge in [-0.1, -0.05) is 18.2 Å². The minimum atomic E-state index is -0.328. The Morgan fingerprint density at radius 2 is 1.81 bits per heavy atom. The number of nitrogens with zero attached hydrogens (tertiary/aromatic N) is 2. The van der Waals surface area contributed by atoms with Gasteiger partial charge in [0.15, 0.2) is 12.4 Å². The fourth-order valence-corrected chi connectivity index (χ4v) is 2.38. The van der Waals surface area contributed by atoms with Gasteiger partial charge in [0.25, 0.3) is 5.91 Å². The number of ether oxygens (including phenoxy) is 1. The molecule has 132 valence electrons. The number of carbonyl (C=O) groups is 1. The molecule has 1 aromatic heterocycles. The van der Waals surface area contributed by atoms with E-state index in [1.54, 1.807) is 25.1 Å². The molecule has 3 rings (SSSR count). The Kier molecular flexibility index (Phi) is 5.22. The molecule has 1 heterocycles. The van der Waals surface area contributed by atoms with Crippen LogP contribution in [-0.2, 0) is 4.79 Å². The fraction of sp³-hybridized carbons (Fsp3) is 0.150. The van der Waals surface area contributed by atoms with E-state index >= 15 is 0 Å². The largest absolute Gasteiger partial charge is 0.467 e. The van der Waals surface area contributed by atoms with Crippen molar-refractivity contribution in [2.24, 2.45) is 0 Å². The summed E-state index contributed by atoms with van der Waals surface area (Å²) in [5.74, 6) is 0.0979. The molecular formula is C20H18FN3O2. The second kappa shape index (κ2) is 7.74. The first-order valence-corrected chi connectivity index (χ1v) is 8.11. The zero-order chi connectivity index (χ0) is 18.5. The van der Waals surface area contributed by atoms with Gasteiger partial charge in [-0.05, 0) is 49.7 Å². The number of halogens is 1. The molecule has 0 atom stereocenters. The Morgan fingerprint density at radius 1 is 1.08 bits per heavy atom. The van der Waals surface area contributed by atoms with Crippen LogP contribution in [0.1, 0.15) is 11.3 Å². The molecule has 0 saturated carbocycles. The first-order chi connectivity index (χ1) is 12.5. The predicted molar refractivity (Wildman–Crippen MR) is 97.5 cm³/mol. The van der Waals surface area contributed by atoms with Crippen LogP contribution in [-0.4, -0.2) is 22.5 Å². The molecule has 0 aliphatic rings. The maximum atomic E-state index is 13.1. The van der Waals surface area contributed by atoms with Crippen LogP contribution in [0.5, 0.6) is 5.88 Å². The molecule has 0 radical (unpaired) electrons. The second-order valence-corrected chi connectivity index (χ2v) is 5.83. The molecule has 0 aliphatic heterocycles. The van der Waals surface area contributed by atoms with Crippen molar-refractivity contribution in [3.05, 3.63) is 71.7 Å². The van der Waals surface area contributed by atoms with Crippen molar-refractivity contribution in [1.82, 2.24) is 9.97 Å². The summed E-state index contributed by atoms with van der Waals surface area (Å²) in [6, 6.07) is 15.0. The number of benzene rings is 2. The van der Waals surface area contributed by atoms with Gasteiger partial charge in [0.05, 0.1) is 0 Å². The van der Waals surface area contributed by atoms with Gasteiger partial charge in [0.2, 0.25) is 5.88 Å². The lowest BCUT2D eigenvalue weighted by molar-refractivity contribution is -0.118. The zero-order valence-electron chi connectivity index (χ0n) is 14.5.